The van der Waals surface area contributed by atoms with Crippen LogP contribution in [-0.4, -0.2) is 22.3 Å². The van der Waals surface area contributed by atoms with Crippen LogP contribution in [0.15, 0.2) is 76.1 Å². The molecule has 4 rings (SSSR count). The predicted molar refractivity (Wildman–Crippen MR) is 109 cm³/mol. The minimum absolute atomic E-state index is 0.219. The number of fused-ring (bicyclic) bond motifs is 1. The fraction of sp³-hybridized carbons (Fsp3) is 0.136. The van der Waals surface area contributed by atoms with Gasteiger partial charge in [0.25, 0.3) is 5.91 Å². The van der Waals surface area contributed by atoms with Crippen LogP contribution in [0.1, 0.15) is 22.8 Å². The maximum atomic E-state index is 12.8. The van der Waals surface area contributed by atoms with E-state index in [1.807, 2.05) is 37.3 Å². The molecule has 0 atom stereocenters. The standard InChI is InChI=1S/C22H19N3O4/c1-2-28-16-8-9-17-18(13-21(26)29-19(17)12-16)22(27)23-20-10-11-25(24-20)14-15-6-4-3-5-7-15/h3-13H,2,14H2,1H3,(H,23,24,27). The maximum absolute atomic E-state index is 12.8. The summed E-state index contributed by atoms with van der Waals surface area (Å²) >= 11 is 0. The molecule has 1 N–H and O–H groups in total. The minimum atomic E-state index is -0.606. The highest BCUT2D eigenvalue weighted by Crippen LogP contribution is 2.23. The number of carbonyl (C=O) groups is 1. The Bertz CT molecular complexity index is 1210. The van der Waals surface area contributed by atoms with Gasteiger partial charge in [-0.25, -0.2) is 4.79 Å². The minimum Gasteiger partial charge on any atom is -0.494 e. The number of nitrogens with one attached hydrogen (secondary N) is 1. The lowest BCUT2D eigenvalue weighted by atomic mass is 10.1. The molecule has 0 spiro atoms. The molecule has 0 radical (unpaired) electrons. The van der Waals surface area contributed by atoms with Crippen LogP contribution >= 0.6 is 0 Å². The van der Waals surface area contributed by atoms with Crippen LogP contribution in [0.3, 0.4) is 0 Å². The van der Waals surface area contributed by atoms with E-state index < -0.39 is 11.5 Å². The van der Waals surface area contributed by atoms with E-state index >= 15 is 0 Å². The first kappa shape index (κ1) is 18.5. The van der Waals surface area contributed by atoms with E-state index in [-0.39, 0.29) is 5.56 Å². The third-order valence-corrected chi connectivity index (χ3v) is 4.34. The Morgan fingerprint density at radius 3 is 2.76 bits per heavy atom. The van der Waals surface area contributed by atoms with Gasteiger partial charge in [-0.2, -0.15) is 5.10 Å². The molecular weight excluding hydrogens is 370 g/mol. The lowest BCUT2D eigenvalue weighted by Crippen LogP contribution is -2.16. The highest BCUT2D eigenvalue weighted by molar-refractivity contribution is 6.11. The first-order valence-electron chi connectivity index (χ1n) is 9.22. The van der Waals surface area contributed by atoms with E-state index in [1.165, 1.54) is 6.07 Å². The number of aromatic nitrogens is 2. The number of ether oxygens (including phenoxy) is 1. The van der Waals surface area contributed by atoms with Gasteiger partial charge in [-0.1, -0.05) is 30.3 Å². The molecule has 0 fully saturated rings. The lowest BCUT2D eigenvalue weighted by molar-refractivity contribution is 0.102. The summed E-state index contributed by atoms with van der Waals surface area (Å²) in [4.78, 5) is 24.7. The van der Waals surface area contributed by atoms with Crippen molar-refractivity contribution < 1.29 is 13.9 Å². The summed E-state index contributed by atoms with van der Waals surface area (Å²) in [5, 5.41) is 7.64. The number of rotatable bonds is 6. The number of hydrogen-bond acceptors (Lipinski definition) is 5. The van der Waals surface area contributed by atoms with Crippen LogP contribution < -0.4 is 15.7 Å². The van der Waals surface area contributed by atoms with E-state index in [0.29, 0.717) is 35.7 Å². The average Bonchev–Trinajstić information content (AvgIpc) is 3.14. The molecule has 0 unspecified atom stereocenters. The van der Waals surface area contributed by atoms with Crippen LogP contribution in [0, 0.1) is 0 Å². The SMILES string of the molecule is CCOc1ccc2c(C(=O)Nc3ccn(Cc4ccccc4)n3)cc(=O)oc2c1. The van der Waals surface area contributed by atoms with E-state index in [0.717, 1.165) is 5.56 Å². The molecule has 0 aliphatic rings. The van der Waals surface area contributed by atoms with Crippen molar-refractivity contribution >= 4 is 22.7 Å². The van der Waals surface area contributed by atoms with Crippen molar-refractivity contribution in [3.8, 4) is 5.75 Å². The number of carbonyl (C=O) groups excluding carboxylic acids is 1. The molecule has 0 saturated carbocycles. The smallest absolute Gasteiger partial charge is 0.337 e. The normalized spacial score (nSPS) is 10.8. The monoisotopic (exact) mass is 389 g/mol. The summed E-state index contributed by atoms with van der Waals surface area (Å²) in [5.74, 6) is 0.538. The fourth-order valence-corrected chi connectivity index (χ4v) is 3.06. The Kier molecular flexibility index (Phi) is 5.11. The molecule has 0 aliphatic heterocycles. The van der Waals surface area contributed by atoms with Crippen LogP contribution in [0.25, 0.3) is 11.0 Å². The lowest BCUT2D eigenvalue weighted by Gasteiger charge is -2.07. The van der Waals surface area contributed by atoms with Crippen molar-refractivity contribution in [2.45, 2.75) is 13.5 Å². The van der Waals surface area contributed by atoms with Crippen LogP contribution in [0.4, 0.5) is 5.82 Å². The number of nitrogens with zero attached hydrogens (tertiary/aromatic N) is 2. The predicted octanol–water partition coefficient (Wildman–Crippen LogP) is 3.69. The quantitative estimate of drug-likeness (QED) is 0.508. The molecule has 1 amide bonds. The molecule has 29 heavy (non-hydrogen) atoms. The van der Waals surface area contributed by atoms with Crippen molar-refractivity contribution in [3.63, 3.8) is 0 Å². The van der Waals surface area contributed by atoms with Gasteiger partial charge in [0, 0.05) is 29.8 Å². The van der Waals surface area contributed by atoms with Crippen molar-refractivity contribution in [2.75, 3.05) is 11.9 Å². The number of hydrogen-bond donors (Lipinski definition) is 1. The Hall–Kier alpha value is -3.87. The van der Waals surface area contributed by atoms with Gasteiger partial charge in [0.2, 0.25) is 0 Å². The van der Waals surface area contributed by atoms with Gasteiger partial charge in [-0.15, -0.1) is 0 Å². The highest BCUT2D eigenvalue weighted by Gasteiger charge is 2.15. The Morgan fingerprint density at radius 1 is 1.14 bits per heavy atom. The van der Waals surface area contributed by atoms with Gasteiger partial charge in [0.1, 0.15) is 11.3 Å². The van der Waals surface area contributed by atoms with Gasteiger partial charge < -0.3 is 14.5 Å². The molecule has 0 bridgehead atoms. The topological polar surface area (TPSA) is 86.4 Å². The Morgan fingerprint density at radius 2 is 1.97 bits per heavy atom. The van der Waals surface area contributed by atoms with Crippen LogP contribution in [0.2, 0.25) is 0 Å². The highest BCUT2D eigenvalue weighted by atomic mass is 16.5. The summed E-state index contributed by atoms with van der Waals surface area (Å²) in [6.45, 7) is 2.94. The second-order valence-electron chi connectivity index (χ2n) is 6.41. The van der Waals surface area contributed by atoms with Gasteiger partial charge >= 0.3 is 5.63 Å². The number of anilines is 1. The largest absolute Gasteiger partial charge is 0.494 e. The summed E-state index contributed by atoms with van der Waals surface area (Å²) in [6.07, 6.45) is 1.79. The maximum Gasteiger partial charge on any atom is 0.337 e. The summed E-state index contributed by atoms with van der Waals surface area (Å²) in [7, 11) is 0. The van der Waals surface area contributed by atoms with Crippen molar-refractivity contribution in [2.24, 2.45) is 0 Å². The molecule has 146 valence electrons. The molecular formula is C22H19N3O4. The second kappa shape index (κ2) is 8.02. The van der Waals surface area contributed by atoms with Gasteiger partial charge in [-0.05, 0) is 24.6 Å². The van der Waals surface area contributed by atoms with Crippen molar-refractivity contribution in [3.05, 3.63) is 88.4 Å². The van der Waals surface area contributed by atoms with Crippen LogP contribution in [0.5, 0.6) is 5.75 Å². The van der Waals surface area contributed by atoms with E-state index in [9.17, 15) is 9.59 Å². The zero-order valence-corrected chi connectivity index (χ0v) is 15.8. The zero-order chi connectivity index (χ0) is 20.2. The zero-order valence-electron chi connectivity index (χ0n) is 15.8. The summed E-state index contributed by atoms with van der Waals surface area (Å²) in [6, 6.07) is 17.8. The van der Waals surface area contributed by atoms with Gasteiger partial charge in [0.15, 0.2) is 5.82 Å². The first-order valence-corrected chi connectivity index (χ1v) is 9.22. The molecule has 4 aromatic rings. The van der Waals surface area contributed by atoms with E-state index in [2.05, 4.69) is 10.4 Å². The molecule has 2 aromatic heterocycles. The average molecular weight is 389 g/mol. The molecule has 2 aromatic carbocycles. The third-order valence-electron chi connectivity index (χ3n) is 4.34. The molecule has 2 heterocycles. The number of benzene rings is 2. The summed E-state index contributed by atoms with van der Waals surface area (Å²) < 4.78 is 12.4. The van der Waals surface area contributed by atoms with E-state index in [1.54, 1.807) is 35.1 Å². The molecule has 0 saturated heterocycles. The fourth-order valence-electron chi connectivity index (χ4n) is 3.06. The van der Waals surface area contributed by atoms with Gasteiger partial charge in [-0.3, -0.25) is 9.48 Å². The third kappa shape index (κ3) is 4.19. The van der Waals surface area contributed by atoms with Crippen LogP contribution in [-0.2, 0) is 6.54 Å². The second-order valence-corrected chi connectivity index (χ2v) is 6.41. The van der Waals surface area contributed by atoms with Gasteiger partial charge in [0.05, 0.1) is 18.7 Å². The first-order chi connectivity index (χ1) is 14.1. The Balaban J connectivity index is 1.57. The number of amides is 1. The summed E-state index contributed by atoms with van der Waals surface area (Å²) in [5.41, 5.74) is 1.01. The molecule has 7 nitrogen and oxygen atoms in total. The van der Waals surface area contributed by atoms with E-state index in [4.69, 9.17) is 9.15 Å². The van der Waals surface area contributed by atoms with Crippen molar-refractivity contribution in [1.29, 1.82) is 0 Å². The molecule has 0 aliphatic carbocycles. The Labute approximate surface area is 166 Å². The van der Waals surface area contributed by atoms with Crippen molar-refractivity contribution in [1.82, 2.24) is 9.78 Å². The molecule has 7 heteroatoms.